The van der Waals surface area contributed by atoms with Crippen molar-refractivity contribution in [2.75, 3.05) is 33.7 Å². The molecule has 2 nitrogen and oxygen atoms in total. The number of rotatable bonds is 3. The third kappa shape index (κ3) is 1.70. The summed E-state index contributed by atoms with van der Waals surface area (Å²) in [5, 5.41) is 0. The SMILES string of the molecule is CCCN1CC(N(C)C)C1. The molecular weight excluding hydrogens is 124 g/mol. The Morgan fingerprint density at radius 3 is 2.40 bits per heavy atom. The van der Waals surface area contributed by atoms with Crippen LogP contribution in [0.5, 0.6) is 0 Å². The van der Waals surface area contributed by atoms with Crippen molar-refractivity contribution in [1.29, 1.82) is 0 Å². The first-order valence-electron chi connectivity index (χ1n) is 4.12. The van der Waals surface area contributed by atoms with Crippen LogP contribution in [-0.2, 0) is 0 Å². The predicted molar refractivity (Wildman–Crippen MR) is 44.2 cm³/mol. The first-order valence-corrected chi connectivity index (χ1v) is 4.12. The average molecular weight is 142 g/mol. The maximum absolute atomic E-state index is 2.50. The van der Waals surface area contributed by atoms with Crippen LogP contribution in [0.2, 0.25) is 0 Å². The van der Waals surface area contributed by atoms with Crippen LogP contribution in [0.3, 0.4) is 0 Å². The maximum Gasteiger partial charge on any atom is 0.0344 e. The smallest absolute Gasteiger partial charge is 0.0344 e. The van der Waals surface area contributed by atoms with Crippen LogP contribution in [0.1, 0.15) is 13.3 Å². The van der Waals surface area contributed by atoms with Crippen molar-refractivity contribution in [3.8, 4) is 0 Å². The van der Waals surface area contributed by atoms with Gasteiger partial charge >= 0.3 is 0 Å². The standard InChI is InChI=1S/C8H18N2/c1-4-5-10-6-8(7-10)9(2)3/h8H,4-7H2,1-3H3. The normalized spacial score (nSPS) is 21.6. The quantitative estimate of drug-likeness (QED) is 0.570. The molecule has 0 aromatic rings. The van der Waals surface area contributed by atoms with Crippen molar-refractivity contribution in [3.63, 3.8) is 0 Å². The molecule has 0 N–H and O–H groups in total. The molecular formula is C8H18N2. The summed E-state index contributed by atoms with van der Waals surface area (Å²) >= 11 is 0. The lowest BCUT2D eigenvalue weighted by molar-refractivity contribution is 0.0640. The summed E-state index contributed by atoms with van der Waals surface area (Å²) in [5.41, 5.74) is 0. The Hall–Kier alpha value is -0.0800. The van der Waals surface area contributed by atoms with Crippen LogP contribution in [0.15, 0.2) is 0 Å². The number of likely N-dealkylation sites (N-methyl/N-ethyl adjacent to an activating group) is 1. The highest BCUT2D eigenvalue weighted by Gasteiger charge is 2.26. The van der Waals surface area contributed by atoms with Crippen molar-refractivity contribution >= 4 is 0 Å². The molecule has 60 valence electrons. The molecule has 1 saturated heterocycles. The van der Waals surface area contributed by atoms with Gasteiger partial charge in [-0.2, -0.15) is 0 Å². The minimum Gasteiger partial charge on any atom is -0.304 e. The van der Waals surface area contributed by atoms with E-state index in [-0.39, 0.29) is 0 Å². The van der Waals surface area contributed by atoms with Gasteiger partial charge in [0.15, 0.2) is 0 Å². The van der Waals surface area contributed by atoms with Gasteiger partial charge in [0.05, 0.1) is 0 Å². The Labute approximate surface area is 63.8 Å². The first kappa shape index (κ1) is 8.02. The molecule has 0 aliphatic carbocycles. The van der Waals surface area contributed by atoms with E-state index in [1.807, 2.05) is 0 Å². The van der Waals surface area contributed by atoms with Crippen LogP contribution >= 0.6 is 0 Å². The fourth-order valence-electron chi connectivity index (χ4n) is 1.37. The van der Waals surface area contributed by atoms with Crippen molar-refractivity contribution in [2.45, 2.75) is 19.4 Å². The second kappa shape index (κ2) is 3.35. The van der Waals surface area contributed by atoms with Crippen molar-refractivity contribution in [1.82, 2.24) is 9.80 Å². The molecule has 0 atom stereocenters. The number of likely N-dealkylation sites (tertiary alicyclic amines) is 1. The number of nitrogens with zero attached hydrogens (tertiary/aromatic N) is 2. The summed E-state index contributed by atoms with van der Waals surface area (Å²) < 4.78 is 0. The lowest BCUT2D eigenvalue weighted by Crippen LogP contribution is -2.57. The van der Waals surface area contributed by atoms with Gasteiger partial charge in [0.2, 0.25) is 0 Å². The van der Waals surface area contributed by atoms with Gasteiger partial charge in [-0.25, -0.2) is 0 Å². The molecule has 0 radical (unpaired) electrons. The molecule has 2 heteroatoms. The van der Waals surface area contributed by atoms with Crippen LogP contribution in [-0.4, -0.2) is 49.6 Å². The van der Waals surface area contributed by atoms with E-state index in [4.69, 9.17) is 0 Å². The van der Waals surface area contributed by atoms with Crippen LogP contribution in [0.4, 0.5) is 0 Å². The Bertz CT molecular complexity index is 95.4. The zero-order valence-corrected chi connectivity index (χ0v) is 7.30. The molecule has 0 amide bonds. The van der Waals surface area contributed by atoms with Crippen molar-refractivity contribution in [2.24, 2.45) is 0 Å². The van der Waals surface area contributed by atoms with Crippen molar-refractivity contribution in [3.05, 3.63) is 0 Å². The molecule has 10 heavy (non-hydrogen) atoms. The van der Waals surface area contributed by atoms with E-state index in [2.05, 4.69) is 30.8 Å². The number of hydrogen-bond acceptors (Lipinski definition) is 2. The topological polar surface area (TPSA) is 6.48 Å². The second-order valence-electron chi connectivity index (χ2n) is 3.38. The third-order valence-corrected chi connectivity index (χ3v) is 2.21. The molecule has 0 saturated carbocycles. The molecule has 0 spiro atoms. The lowest BCUT2D eigenvalue weighted by Gasteiger charge is -2.42. The fourth-order valence-corrected chi connectivity index (χ4v) is 1.37. The van der Waals surface area contributed by atoms with Gasteiger partial charge in [0, 0.05) is 19.1 Å². The molecule has 1 rings (SSSR count). The number of hydrogen-bond donors (Lipinski definition) is 0. The summed E-state index contributed by atoms with van der Waals surface area (Å²) in [4.78, 5) is 4.82. The highest BCUT2D eigenvalue weighted by molar-refractivity contribution is 4.84. The second-order valence-corrected chi connectivity index (χ2v) is 3.38. The zero-order valence-electron chi connectivity index (χ0n) is 7.30. The van der Waals surface area contributed by atoms with Crippen LogP contribution in [0, 0.1) is 0 Å². The summed E-state index contributed by atoms with van der Waals surface area (Å²) in [6, 6.07) is 0.826. The fraction of sp³-hybridized carbons (Fsp3) is 1.00. The highest BCUT2D eigenvalue weighted by atomic mass is 15.3. The minimum atomic E-state index is 0.826. The van der Waals surface area contributed by atoms with E-state index in [0.717, 1.165) is 6.04 Å². The molecule has 0 unspecified atom stereocenters. The van der Waals surface area contributed by atoms with Gasteiger partial charge in [-0.05, 0) is 27.1 Å². The van der Waals surface area contributed by atoms with E-state index >= 15 is 0 Å². The Morgan fingerprint density at radius 1 is 1.40 bits per heavy atom. The molecule has 1 aliphatic heterocycles. The van der Waals surface area contributed by atoms with Gasteiger partial charge < -0.3 is 9.80 Å². The lowest BCUT2D eigenvalue weighted by atomic mass is 10.1. The third-order valence-electron chi connectivity index (χ3n) is 2.21. The van der Waals surface area contributed by atoms with E-state index in [1.165, 1.54) is 26.1 Å². The highest BCUT2D eigenvalue weighted by Crippen LogP contribution is 2.11. The molecule has 1 heterocycles. The molecule has 0 aromatic carbocycles. The van der Waals surface area contributed by atoms with E-state index in [9.17, 15) is 0 Å². The van der Waals surface area contributed by atoms with E-state index < -0.39 is 0 Å². The van der Waals surface area contributed by atoms with Gasteiger partial charge in [0.25, 0.3) is 0 Å². The zero-order chi connectivity index (χ0) is 7.56. The van der Waals surface area contributed by atoms with Crippen molar-refractivity contribution < 1.29 is 0 Å². The Morgan fingerprint density at radius 2 is 2.00 bits per heavy atom. The summed E-state index contributed by atoms with van der Waals surface area (Å²) in [5.74, 6) is 0. The minimum absolute atomic E-state index is 0.826. The maximum atomic E-state index is 2.50. The largest absolute Gasteiger partial charge is 0.304 e. The van der Waals surface area contributed by atoms with Crippen LogP contribution < -0.4 is 0 Å². The molecule has 1 aliphatic rings. The monoisotopic (exact) mass is 142 g/mol. The molecule has 0 aromatic heterocycles. The molecule has 1 fully saturated rings. The van der Waals surface area contributed by atoms with Gasteiger partial charge in [-0.15, -0.1) is 0 Å². The van der Waals surface area contributed by atoms with Crippen LogP contribution in [0.25, 0.3) is 0 Å². The van der Waals surface area contributed by atoms with Gasteiger partial charge in [-0.3, -0.25) is 0 Å². The Kier molecular flexibility index (Phi) is 2.69. The summed E-state index contributed by atoms with van der Waals surface area (Å²) in [6.07, 6.45) is 1.29. The van der Waals surface area contributed by atoms with Gasteiger partial charge in [0.1, 0.15) is 0 Å². The van der Waals surface area contributed by atoms with E-state index in [1.54, 1.807) is 0 Å². The van der Waals surface area contributed by atoms with E-state index in [0.29, 0.717) is 0 Å². The Balaban J connectivity index is 2.06. The average Bonchev–Trinajstić information content (AvgIpc) is 1.76. The summed E-state index contributed by atoms with van der Waals surface area (Å²) in [7, 11) is 4.32. The predicted octanol–water partition coefficient (Wildman–Crippen LogP) is 0.642. The first-order chi connectivity index (χ1) is 4.74. The molecule has 0 bridgehead atoms. The van der Waals surface area contributed by atoms with Gasteiger partial charge in [-0.1, -0.05) is 6.92 Å². The summed E-state index contributed by atoms with van der Waals surface area (Å²) in [6.45, 7) is 6.08.